The summed E-state index contributed by atoms with van der Waals surface area (Å²) in [5.74, 6) is 0.344. The average molecular weight is 330 g/mol. The molecule has 4 aromatic rings. The molecule has 6 rings (SSSR count). The Morgan fingerprint density at radius 2 is 1.08 bits per heavy atom. The molecule has 0 nitrogen and oxygen atoms in total. The van der Waals surface area contributed by atoms with Crippen molar-refractivity contribution in [2.75, 3.05) is 0 Å². The molecule has 0 unspecified atom stereocenters. The van der Waals surface area contributed by atoms with Gasteiger partial charge in [-0.3, -0.25) is 0 Å². The molecule has 0 N–H and O–H groups in total. The van der Waals surface area contributed by atoms with Gasteiger partial charge in [0.1, 0.15) is 0 Å². The Hall–Kier alpha value is -3.12. The zero-order chi connectivity index (χ0) is 17.1. The van der Waals surface area contributed by atoms with Crippen LogP contribution in [0.25, 0.3) is 22.3 Å². The Balaban J connectivity index is 1.54. The fourth-order valence-corrected chi connectivity index (χ4v) is 4.86. The van der Waals surface area contributed by atoms with Crippen LogP contribution in [0.2, 0.25) is 0 Å². The summed E-state index contributed by atoms with van der Waals surface area (Å²) in [5.41, 5.74) is 12.8. The number of rotatable bonds is 1. The smallest absolute Gasteiger partial charge is 0.0352 e. The van der Waals surface area contributed by atoms with Gasteiger partial charge in [0, 0.05) is 5.92 Å². The summed E-state index contributed by atoms with van der Waals surface area (Å²) < 4.78 is 0. The van der Waals surface area contributed by atoms with Crippen LogP contribution in [0.15, 0.2) is 91.0 Å². The van der Waals surface area contributed by atoms with E-state index in [-0.39, 0.29) is 0 Å². The lowest BCUT2D eigenvalue weighted by molar-refractivity contribution is 1.01. The van der Waals surface area contributed by atoms with Crippen LogP contribution in [0.4, 0.5) is 0 Å². The molecule has 0 spiro atoms. The second-order valence-corrected chi connectivity index (χ2v) is 7.36. The van der Waals surface area contributed by atoms with E-state index in [4.69, 9.17) is 0 Å². The van der Waals surface area contributed by atoms with Gasteiger partial charge in [0.15, 0.2) is 0 Å². The van der Waals surface area contributed by atoms with Gasteiger partial charge in [0.25, 0.3) is 0 Å². The molecule has 0 amide bonds. The molecule has 0 bridgehead atoms. The van der Waals surface area contributed by atoms with Crippen LogP contribution in [0.3, 0.4) is 0 Å². The highest BCUT2D eigenvalue weighted by Gasteiger charge is 2.30. The van der Waals surface area contributed by atoms with E-state index in [0.29, 0.717) is 5.92 Å². The lowest BCUT2D eigenvalue weighted by atomic mass is 9.87. The minimum absolute atomic E-state index is 0.344. The van der Waals surface area contributed by atoms with Gasteiger partial charge < -0.3 is 0 Å². The van der Waals surface area contributed by atoms with Gasteiger partial charge in [-0.05, 0) is 56.5 Å². The molecule has 0 saturated heterocycles. The van der Waals surface area contributed by atoms with Gasteiger partial charge in [-0.2, -0.15) is 0 Å². The highest BCUT2D eigenvalue weighted by atomic mass is 14.3. The molecule has 0 fully saturated rings. The normalized spacial score (nSPS) is 13.8. The van der Waals surface area contributed by atoms with Crippen LogP contribution in [-0.4, -0.2) is 0 Å². The monoisotopic (exact) mass is 330 g/mol. The van der Waals surface area contributed by atoms with Gasteiger partial charge in [-0.1, -0.05) is 91.0 Å². The maximum Gasteiger partial charge on any atom is 0.0352 e. The topological polar surface area (TPSA) is 0 Å². The van der Waals surface area contributed by atoms with Gasteiger partial charge >= 0.3 is 0 Å². The Kier molecular flexibility index (Phi) is 2.81. The second kappa shape index (κ2) is 5.19. The van der Waals surface area contributed by atoms with E-state index >= 15 is 0 Å². The molecule has 4 aromatic carbocycles. The fourth-order valence-electron chi connectivity index (χ4n) is 4.86. The summed E-state index contributed by atoms with van der Waals surface area (Å²) in [4.78, 5) is 0. The highest BCUT2D eigenvalue weighted by Crippen LogP contribution is 2.49. The number of hydrogen-bond acceptors (Lipinski definition) is 0. The summed E-state index contributed by atoms with van der Waals surface area (Å²) in [6.45, 7) is 0. The highest BCUT2D eigenvalue weighted by molar-refractivity contribution is 5.82. The molecule has 122 valence electrons. The molecule has 0 aliphatic heterocycles. The third-order valence-electron chi connectivity index (χ3n) is 5.98. The lowest BCUT2D eigenvalue weighted by Crippen LogP contribution is -2.00. The van der Waals surface area contributed by atoms with Crippen molar-refractivity contribution in [3.8, 4) is 22.3 Å². The quantitative estimate of drug-likeness (QED) is 0.326. The van der Waals surface area contributed by atoms with E-state index in [1.807, 2.05) is 0 Å². The zero-order valence-corrected chi connectivity index (χ0v) is 14.4. The molecule has 0 heteroatoms. The standard InChI is InChI=1S/C26H18/c1-2-8-20-17(7-1)15-19-16-18(13-14-21(19)20)26-24-11-5-3-9-22(24)23-10-4-6-12-25(23)26/h1-14,16,26H,15H2. The number of benzene rings is 4. The molecule has 0 saturated carbocycles. The van der Waals surface area contributed by atoms with Crippen LogP contribution in [-0.2, 0) is 6.42 Å². The lowest BCUT2D eigenvalue weighted by Gasteiger charge is -2.16. The van der Waals surface area contributed by atoms with E-state index in [9.17, 15) is 0 Å². The van der Waals surface area contributed by atoms with E-state index in [1.54, 1.807) is 0 Å². The van der Waals surface area contributed by atoms with Crippen molar-refractivity contribution in [3.05, 3.63) is 119 Å². The minimum atomic E-state index is 0.344. The van der Waals surface area contributed by atoms with Gasteiger partial charge in [-0.15, -0.1) is 0 Å². The first-order valence-electron chi connectivity index (χ1n) is 9.29. The molecular formula is C26H18. The van der Waals surface area contributed by atoms with Gasteiger partial charge in [0.2, 0.25) is 0 Å². The maximum atomic E-state index is 2.44. The van der Waals surface area contributed by atoms with Gasteiger partial charge in [0.05, 0.1) is 0 Å². The summed E-state index contributed by atoms with van der Waals surface area (Å²) >= 11 is 0. The van der Waals surface area contributed by atoms with Crippen LogP contribution in [0, 0.1) is 0 Å². The summed E-state index contributed by atoms with van der Waals surface area (Å²) in [5, 5.41) is 0. The fraction of sp³-hybridized carbons (Fsp3) is 0.0769. The van der Waals surface area contributed by atoms with Crippen LogP contribution in [0.5, 0.6) is 0 Å². The summed E-state index contributed by atoms with van der Waals surface area (Å²) in [6.07, 6.45) is 1.05. The molecule has 2 aliphatic carbocycles. The van der Waals surface area contributed by atoms with E-state index in [2.05, 4.69) is 91.0 Å². The largest absolute Gasteiger partial charge is 0.0619 e. The molecule has 2 aliphatic rings. The van der Waals surface area contributed by atoms with Crippen molar-refractivity contribution in [1.29, 1.82) is 0 Å². The molecule has 0 aromatic heterocycles. The molecule has 0 atom stereocenters. The minimum Gasteiger partial charge on any atom is -0.0619 e. The molecule has 26 heavy (non-hydrogen) atoms. The van der Waals surface area contributed by atoms with E-state index in [0.717, 1.165) is 6.42 Å². The van der Waals surface area contributed by atoms with E-state index in [1.165, 1.54) is 50.1 Å². The van der Waals surface area contributed by atoms with Crippen molar-refractivity contribution in [1.82, 2.24) is 0 Å². The first-order chi connectivity index (χ1) is 12.9. The Morgan fingerprint density at radius 1 is 0.500 bits per heavy atom. The van der Waals surface area contributed by atoms with Crippen LogP contribution >= 0.6 is 0 Å². The maximum absolute atomic E-state index is 2.44. The first kappa shape index (κ1) is 14.1. The number of fused-ring (bicyclic) bond motifs is 6. The van der Waals surface area contributed by atoms with Crippen molar-refractivity contribution in [3.63, 3.8) is 0 Å². The van der Waals surface area contributed by atoms with Crippen molar-refractivity contribution in [2.45, 2.75) is 12.3 Å². The predicted octanol–water partition coefficient (Wildman–Crippen LogP) is 6.42. The third-order valence-corrected chi connectivity index (χ3v) is 5.98. The molecular weight excluding hydrogens is 312 g/mol. The Morgan fingerprint density at radius 3 is 1.81 bits per heavy atom. The van der Waals surface area contributed by atoms with Gasteiger partial charge in [-0.25, -0.2) is 0 Å². The Labute approximate surface area is 153 Å². The second-order valence-electron chi connectivity index (χ2n) is 7.36. The summed E-state index contributed by atoms with van der Waals surface area (Å²) in [7, 11) is 0. The van der Waals surface area contributed by atoms with E-state index < -0.39 is 0 Å². The third kappa shape index (κ3) is 1.84. The Bertz CT molecular complexity index is 1120. The number of hydrogen-bond donors (Lipinski definition) is 0. The molecule has 0 heterocycles. The average Bonchev–Trinajstić information content (AvgIpc) is 3.23. The summed E-state index contributed by atoms with van der Waals surface area (Å²) in [6, 6.07) is 33.7. The SMILES string of the molecule is c1ccc2c(c1)Cc1cc(C3c4ccccc4-c4ccccc43)ccc1-2. The zero-order valence-electron chi connectivity index (χ0n) is 14.4. The van der Waals surface area contributed by atoms with Crippen molar-refractivity contribution >= 4 is 0 Å². The first-order valence-corrected chi connectivity index (χ1v) is 9.29. The van der Waals surface area contributed by atoms with Crippen LogP contribution < -0.4 is 0 Å². The predicted molar refractivity (Wildman–Crippen MR) is 108 cm³/mol. The van der Waals surface area contributed by atoms with Crippen LogP contribution in [0.1, 0.15) is 33.7 Å². The molecule has 0 radical (unpaired) electrons. The van der Waals surface area contributed by atoms with Crippen molar-refractivity contribution in [2.24, 2.45) is 0 Å². The van der Waals surface area contributed by atoms with Crippen molar-refractivity contribution < 1.29 is 0 Å².